The highest BCUT2D eigenvalue weighted by atomic mass is 19.1. The van der Waals surface area contributed by atoms with Crippen LogP contribution in [0.3, 0.4) is 0 Å². The van der Waals surface area contributed by atoms with Crippen molar-refractivity contribution in [1.29, 1.82) is 0 Å². The van der Waals surface area contributed by atoms with Crippen LogP contribution in [0.25, 0.3) is 11.3 Å². The number of nitrogens with zero attached hydrogens (tertiary/aromatic N) is 2. The molecule has 1 atom stereocenters. The lowest BCUT2D eigenvalue weighted by molar-refractivity contribution is 0.00325. The van der Waals surface area contributed by atoms with Crippen LogP contribution in [-0.4, -0.2) is 35.4 Å². The number of imidazole rings is 1. The molecule has 1 N–H and O–H groups in total. The molecule has 0 fully saturated rings. The minimum atomic E-state index is -0.219. The summed E-state index contributed by atoms with van der Waals surface area (Å²) in [4.78, 5) is 4.53. The number of fused-ring (bicyclic) bond motifs is 2. The number of nitrogens with one attached hydrogen (secondary N) is 1. The Kier molecular flexibility index (Phi) is 4.91. The Bertz CT molecular complexity index is 1000. The summed E-state index contributed by atoms with van der Waals surface area (Å²) >= 11 is 0. The highest BCUT2D eigenvalue weighted by molar-refractivity contribution is 5.64. The van der Waals surface area contributed by atoms with Crippen molar-refractivity contribution >= 4 is 0 Å². The van der Waals surface area contributed by atoms with E-state index < -0.39 is 0 Å². The van der Waals surface area contributed by atoms with E-state index in [0.717, 1.165) is 40.7 Å². The highest BCUT2D eigenvalue weighted by Gasteiger charge is 2.23. The van der Waals surface area contributed by atoms with E-state index in [1.807, 2.05) is 24.4 Å². The highest BCUT2D eigenvalue weighted by Crippen LogP contribution is 2.35. The standard InChI is InChI=1S/C22H22FN3O3/c23-17-4-1-15(2-5-17)10-24-11-18-13-26-19(12-25-22(26)14-29-18)16-3-6-20-21(9-16)28-8-7-27-20/h1-6,9,12,18,24H,7-8,10-11,13-14H2. The monoisotopic (exact) mass is 395 g/mol. The second-order valence-electron chi connectivity index (χ2n) is 7.22. The molecular weight excluding hydrogens is 373 g/mol. The van der Waals surface area contributed by atoms with E-state index >= 15 is 0 Å². The molecule has 2 aliphatic heterocycles. The van der Waals surface area contributed by atoms with Crippen molar-refractivity contribution < 1.29 is 18.6 Å². The molecule has 150 valence electrons. The number of aromatic nitrogens is 2. The molecule has 2 aliphatic rings. The van der Waals surface area contributed by atoms with Crippen LogP contribution in [-0.2, 0) is 24.4 Å². The molecule has 3 aromatic rings. The van der Waals surface area contributed by atoms with E-state index in [4.69, 9.17) is 14.2 Å². The lowest BCUT2D eigenvalue weighted by atomic mass is 10.1. The van der Waals surface area contributed by atoms with Gasteiger partial charge in [-0.3, -0.25) is 0 Å². The summed E-state index contributed by atoms with van der Waals surface area (Å²) in [6, 6.07) is 12.5. The molecule has 0 radical (unpaired) electrons. The fourth-order valence-corrected chi connectivity index (χ4v) is 3.72. The van der Waals surface area contributed by atoms with Crippen LogP contribution in [0.2, 0.25) is 0 Å². The molecule has 0 bridgehead atoms. The summed E-state index contributed by atoms with van der Waals surface area (Å²) in [5, 5.41) is 3.40. The molecule has 7 heteroatoms. The van der Waals surface area contributed by atoms with Gasteiger partial charge in [-0.1, -0.05) is 12.1 Å². The zero-order valence-corrected chi connectivity index (χ0v) is 15.9. The summed E-state index contributed by atoms with van der Waals surface area (Å²) < 4.78 is 32.5. The third-order valence-electron chi connectivity index (χ3n) is 5.22. The van der Waals surface area contributed by atoms with Crippen molar-refractivity contribution in [2.75, 3.05) is 19.8 Å². The van der Waals surface area contributed by atoms with Crippen molar-refractivity contribution in [3.63, 3.8) is 0 Å². The van der Waals surface area contributed by atoms with Crippen LogP contribution in [0, 0.1) is 5.82 Å². The van der Waals surface area contributed by atoms with Gasteiger partial charge < -0.3 is 24.1 Å². The van der Waals surface area contributed by atoms with Crippen LogP contribution >= 0.6 is 0 Å². The van der Waals surface area contributed by atoms with Crippen molar-refractivity contribution in [3.8, 4) is 22.8 Å². The Balaban J connectivity index is 1.27. The molecule has 5 rings (SSSR count). The van der Waals surface area contributed by atoms with Gasteiger partial charge in [0.25, 0.3) is 0 Å². The number of ether oxygens (including phenoxy) is 3. The molecule has 0 saturated heterocycles. The lowest BCUT2D eigenvalue weighted by Crippen LogP contribution is -2.36. The molecular formula is C22H22FN3O3. The van der Waals surface area contributed by atoms with E-state index in [-0.39, 0.29) is 11.9 Å². The molecule has 2 aromatic carbocycles. The van der Waals surface area contributed by atoms with Crippen LogP contribution in [0.4, 0.5) is 4.39 Å². The van der Waals surface area contributed by atoms with E-state index in [0.29, 0.717) is 32.9 Å². The average Bonchev–Trinajstić information content (AvgIpc) is 3.18. The molecule has 3 heterocycles. The van der Waals surface area contributed by atoms with Crippen molar-refractivity contribution in [3.05, 3.63) is 65.9 Å². The Morgan fingerprint density at radius 3 is 2.76 bits per heavy atom. The first-order chi connectivity index (χ1) is 14.3. The maximum Gasteiger partial charge on any atom is 0.162 e. The summed E-state index contributed by atoms with van der Waals surface area (Å²) in [5.41, 5.74) is 3.14. The Morgan fingerprint density at radius 2 is 1.90 bits per heavy atom. The third-order valence-corrected chi connectivity index (χ3v) is 5.22. The van der Waals surface area contributed by atoms with Crippen molar-refractivity contribution in [2.24, 2.45) is 0 Å². The number of benzene rings is 2. The predicted octanol–water partition coefficient (Wildman–Crippen LogP) is 3.15. The largest absolute Gasteiger partial charge is 0.486 e. The van der Waals surface area contributed by atoms with Crippen LogP contribution in [0.15, 0.2) is 48.7 Å². The lowest BCUT2D eigenvalue weighted by Gasteiger charge is -2.26. The predicted molar refractivity (Wildman–Crippen MR) is 105 cm³/mol. The molecule has 29 heavy (non-hydrogen) atoms. The van der Waals surface area contributed by atoms with Gasteiger partial charge in [0.15, 0.2) is 11.5 Å². The van der Waals surface area contributed by atoms with Gasteiger partial charge >= 0.3 is 0 Å². The van der Waals surface area contributed by atoms with Gasteiger partial charge in [0.05, 0.1) is 24.5 Å². The fourth-order valence-electron chi connectivity index (χ4n) is 3.72. The van der Waals surface area contributed by atoms with Gasteiger partial charge in [0, 0.05) is 18.7 Å². The molecule has 0 saturated carbocycles. The van der Waals surface area contributed by atoms with Crippen molar-refractivity contribution in [2.45, 2.75) is 25.8 Å². The zero-order chi connectivity index (χ0) is 19.6. The van der Waals surface area contributed by atoms with Gasteiger partial charge in [-0.2, -0.15) is 0 Å². The number of rotatable bonds is 5. The Morgan fingerprint density at radius 1 is 1.07 bits per heavy atom. The fraction of sp³-hybridized carbons (Fsp3) is 0.318. The quantitative estimate of drug-likeness (QED) is 0.719. The Labute approximate surface area is 168 Å². The third kappa shape index (κ3) is 3.83. The second kappa shape index (κ2) is 7.85. The first kappa shape index (κ1) is 18.1. The van der Waals surface area contributed by atoms with Crippen LogP contribution in [0.1, 0.15) is 11.4 Å². The smallest absolute Gasteiger partial charge is 0.162 e. The number of halogens is 1. The summed E-state index contributed by atoms with van der Waals surface area (Å²) in [6.07, 6.45) is 1.92. The topological polar surface area (TPSA) is 57.5 Å². The van der Waals surface area contributed by atoms with Gasteiger partial charge in [-0.15, -0.1) is 0 Å². The van der Waals surface area contributed by atoms with Gasteiger partial charge in [0.2, 0.25) is 0 Å². The van der Waals surface area contributed by atoms with E-state index in [9.17, 15) is 4.39 Å². The SMILES string of the molecule is Fc1ccc(CNCC2Cn3c(-c4ccc5c(c4)OCCO5)cnc3CO2)cc1. The average molecular weight is 395 g/mol. The summed E-state index contributed by atoms with van der Waals surface area (Å²) in [6.45, 7) is 3.72. The number of hydrogen-bond acceptors (Lipinski definition) is 5. The van der Waals surface area contributed by atoms with E-state index in [2.05, 4.69) is 14.9 Å². The van der Waals surface area contributed by atoms with E-state index in [1.54, 1.807) is 12.1 Å². The molecule has 0 aliphatic carbocycles. The van der Waals surface area contributed by atoms with Gasteiger partial charge in [0.1, 0.15) is 31.5 Å². The molecule has 1 unspecified atom stereocenters. The molecule has 1 aromatic heterocycles. The van der Waals surface area contributed by atoms with Crippen molar-refractivity contribution in [1.82, 2.24) is 14.9 Å². The summed E-state index contributed by atoms with van der Waals surface area (Å²) in [7, 11) is 0. The van der Waals surface area contributed by atoms with Gasteiger partial charge in [-0.25, -0.2) is 9.37 Å². The van der Waals surface area contributed by atoms with E-state index in [1.165, 1.54) is 12.1 Å². The normalized spacial score (nSPS) is 17.8. The zero-order valence-electron chi connectivity index (χ0n) is 15.9. The maximum absolute atomic E-state index is 13.0. The second-order valence-corrected chi connectivity index (χ2v) is 7.22. The molecule has 0 amide bonds. The molecule has 6 nitrogen and oxygen atoms in total. The Hall–Kier alpha value is -2.90. The number of hydrogen-bond donors (Lipinski definition) is 1. The van der Waals surface area contributed by atoms with Crippen LogP contribution < -0.4 is 14.8 Å². The van der Waals surface area contributed by atoms with Crippen LogP contribution in [0.5, 0.6) is 11.5 Å². The first-order valence-corrected chi connectivity index (χ1v) is 9.77. The minimum absolute atomic E-state index is 0.0353. The minimum Gasteiger partial charge on any atom is -0.486 e. The molecule has 0 spiro atoms. The summed E-state index contributed by atoms with van der Waals surface area (Å²) in [5.74, 6) is 2.26. The first-order valence-electron chi connectivity index (χ1n) is 9.77. The maximum atomic E-state index is 13.0. The van der Waals surface area contributed by atoms with Gasteiger partial charge in [-0.05, 0) is 35.9 Å².